The summed E-state index contributed by atoms with van der Waals surface area (Å²) in [4.78, 5) is 17.7. The van der Waals surface area contributed by atoms with Crippen LogP contribution >= 0.6 is 11.3 Å². The molecule has 1 amide bonds. The van der Waals surface area contributed by atoms with Crippen molar-refractivity contribution in [3.05, 3.63) is 57.8 Å². The molecule has 4 N–H and O–H groups in total. The van der Waals surface area contributed by atoms with Crippen LogP contribution in [0.1, 0.15) is 41.1 Å². The molecule has 2 rings (SSSR count). The maximum Gasteiger partial charge on any atom is 0.251 e. The number of nitrogens with zero attached hydrogens (tertiary/aromatic N) is 1. The van der Waals surface area contributed by atoms with Crippen LogP contribution in [0.3, 0.4) is 0 Å². The fraction of sp³-hybridized carbons (Fsp3) is 0.368. The maximum absolute atomic E-state index is 12.0. The molecule has 0 radical (unpaired) electrons. The van der Waals surface area contributed by atoms with Crippen LogP contribution in [0.2, 0.25) is 0 Å². The van der Waals surface area contributed by atoms with E-state index in [-0.39, 0.29) is 11.9 Å². The topological polar surface area (TPSA) is 79.5 Å². The number of hydrogen-bond donors (Lipinski definition) is 3. The molecule has 1 aromatic heterocycles. The van der Waals surface area contributed by atoms with Gasteiger partial charge in [0.05, 0.1) is 6.54 Å². The molecule has 2 aromatic rings. The number of carbonyl (C=O) groups is 1. The lowest BCUT2D eigenvalue weighted by atomic mass is 10.1. The van der Waals surface area contributed by atoms with E-state index in [2.05, 4.69) is 27.1 Å². The quantitative estimate of drug-likeness (QED) is 0.501. The number of rotatable bonds is 8. The SMILES string of the molecule is CCC(C)NC(=O)c1ccc(CN=C(N)NCCc2cccs2)cc1. The summed E-state index contributed by atoms with van der Waals surface area (Å²) in [6.07, 6.45) is 1.85. The van der Waals surface area contributed by atoms with Crippen molar-refractivity contribution in [3.8, 4) is 0 Å². The number of benzene rings is 1. The molecule has 0 bridgehead atoms. The van der Waals surface area contributed by atoms with Crippen LogP contribution in [-0.4, -0.2) is 24.5 Å². The van der Waals surface area contributed by atoms with Crippen molar-refractivity contribution >= 4 is 23.2 Å². The summed E-state index contributed by atoms with van der Waals surface area (Å²) in [6, 6.07) is 11.8. The van der Waals surface area contributed by atoms with E-state index < -0.39 is 0 Å². The Morgan fingerprint density at radius 2 is 2.04 bits per heavy atom. The van der Waals surface area contributed by atoms with E-state index in [1.54, 1.807) is 11.3 Å². The average Bonchev–Trinajstić information content (AvgIpc) is 3.13. The smallest absolute Gasteiger partial charge is 0.251 e. The molecule has 0 aliphatic heterocycles. The lowest BCUT2D eigenvalue weighted by Gasteiger charge is -2.11. The third-order valence-electron chi connectivity index (χ3n) is 3.90. The van der Waals surface area contributed by atoms with Crippen molar-refractivity contribution in [2.75, 3.05) is 6.54 Å². The summed E-state index contributed by atoms with van der Waals surface area (Å²) in [5.74, 6) is 0.398. The first-order chi connectivity index (χ1) is 12.1. The summed E-state index contributed by atoms with van der Waals surface area (Å²) < 4.78 is 0. The Kier molecular flexibility index (Phi) is 7.47. The maximum atomic E-state index is 12.0. The Morgan fingerprint density at radius 1 is 1.28 bits per heavy atom. The van der Waals surface area contributed by atoms with Gasteiger partial charge >= 0.3 is 0 Å². The van der Waals surface area contributed by atoms with E-state index in [4.69, 9.17) is 5.73 Å². The van der Waals surface area contributed by atoms with Crippen molar-refractivity contribution in [1.82, 2.24) is 10.6 Å². The first-order valence-corrected chi connectivity index (χ1v) is 9.42. The molecule has 1 atom stereocenters. The normalized spacial score (nSPS) is 12.6. The van der Waals surface area contributed by atoms with E-state index >= 15 is 0 Å². The zero-order valence-corrected chi connectivity index (χ0v) is 15.6. The van der Waals surface area contributed by atoms with Gasteiger partial charge in [0.2, 0.25) is 0 Å². The zero-order chi connectivity index (χ0) is 18.1. The number of guanidine groups is 1. The third-order valence-corrected chi connectivity index (χ3v) is 4.83. The molecular formula is C19H26N4OS. The number of amides is 1. The zero-order valence-electron chi connectivity index (χ0n) is 14.8. The molecular weight excluding hydrogens is 332 g/mol. The first kappa shape index (κ1) is 19.0. The summed E-state index contributed by atoms with van der Waals surface area (Å²) >= 11 is 1.74. The van der Waals surface area contributed by atoms with Crippen molar-refractivity contribution in [2.45, 2.75) is 39.3 Å². The van der Waals surface area contributed by atoms with Crippen molar-refractivity contribution in [3.63, 3.8) is 0 Å². The lowest BCUT2D eigenvalue weighted by Crippen LogP contribution is -2.33. The molecule has 0 saturated heterocycles. The van der Waals surface area contributed by atoms with Gasteiger partial charge in [-0.25, -0.2) is 4.99 Å². The molecule has 1 unspecified atom stereocenters. The lowest BCUT2D eigenvalue weighted by molar-refractivity contribution is 0.0939. The summed E-state index contributed by atoms with van der Waals surface area (Å²) in [5.41, 5.74) is 7.57. The van der Waals surface area contributed by atoms with Crippen LogP contribution in [-0.2, 0) is 13.0 Å². The summed E-state index contributed by atoms with van der Waals surface area (Å²) in [7, 11) is 0. The molecule has 1 aromatic carbocycles. The van der Waals surface area contributed by atoms with Gasteiger partial charge < -0.3 is 16.4 Å². The molecule has 5 nitrogen and oxygen atoms in total. The number of thiophene rings is 1. The average molecular weight is 359 g/mol. The number of hydrogen-bond acceptors (Lipinski definition) is 3. The standard InChI is InChI=1S/C19H26N4OS/c1-3-14(2)23-18(24)16-8-6-15(7-9-16)13-22-19(20)21-11-10-17-5-4-12-25-17/h4-9,12,14H,3,10-11,13H2,1-2H3,(H,23,24)(H3,20,21,22). The highest BCUT2D eigenvalue weighted by atomic mass is 32.1. The second kappa shape index (κ2) is 9.84. The van der Waals surface area contributed by atoms with Gasteiger partial charge in [-0.05, 0) is 48.9 Å². The Labute approximate surface area is 153 Å². The van der Waals surface area contributed by atoms with Crippen LogP contribution in [0, 0.1) is 0 Å². The number of carbonyl (C=O) groups excluding carboxylic acids is 1. The first-order valence-electron chi connectivity index (χ1n) is 8.54. The largest absolute Gasteiger partial charge is 0.370 e. The van der Waals surface area contributed by atoms with Gasteiger partial charge in [0, 0.05) is 23.0 Å². The van der Waals surface area contributed by atoms with E-state index in [0.29, 0.717) is 18.1 Å². The van der Waals surface area contributed by atoms with Crippen LogP contribution in [0.5, 0.6) is 0 Å². The molecule has 6 heteroatoms. The predicted molar refractivity (Wildman–Crippen MR) is 105 cm³/mol. The van der Waals surface area contributed by atoms with E-state index in [1.807, 2.05) is 44.2 Å². The Bertz CT molecular complexity index is 680. The summed E-state index contributed by atoms with van der Waals surface area (Å²) in [5, 5.41) is 8.14. The molecule has 0 spiro atoms. The van der Waals surface area contributed by atoms with Gasteiger partial charge in [0.1, 0.15) is 0 Å². The summed E-state index contributed by atoms with van der Waals surface area (Å²) in [6.45, 7) is 5.30. The van der Waals surface area contributed by atoms with E-state index in [1.165, 1.54) is 4.88 Å². The van der Waals surface area contributed by atoms with Gasteiger partial charge in [-0.15, -0.1) is 11.3 Å². The monoisotopic (exact) mass is 358 g/mol. The Balaban J connectivity index is 1.78. The number of nitrogens with two attached hydrogens (primary N) is 1. The molecule has 25 heavy (non-hydrogen) atoms. The van der Waals surface area contributed by atoms with Crippen LogP contribution in [0.4, 0.5) is 0 Å². The number of aliphatic imine (C=N–C) groups is 1. The van der Waals surface area contributed by atoms with Gasteiger partial charge in [-0.3, -0.25) is 4.79 Å². The molecule has 0 fully saturated rings. The molecule has 0 aliphatic rings. The Hall–Kier alpha value is -2.34. The molecule has 1 heterocycles. The minimum atomic E-state index is -0.0424. The highest BCUT2D eigenvalue weighted by molar-refractivity contribution is 7.09. The van der Waals surface area contributed by atoms with Crippen LogP contribution in [0.15, 0.2) is 46.8 Å². The minimum Gasteiger partial charge on any atom is -0.370 e. The highest BCUT2D eigenvalue weighted by Crippen LogP contribution is 2.08. The van der Waals surface area contributed by atoms with Crippen molar-refractivity contribution < 1.29 is 4.79 Å². The molecule has 134 valence electrons. The van der Waals surface area contributed by atoms with Crippen LogP contribution < -0.4 is 16.4 Å². The van der Waals surface area contributed by atoms with Crippen molar-refractivity contribution in [2.24, 2.45) is 10.7 Å². The highest BCUT2D eigenvalue weighted by Gasteiger charge is 2.08. The molecule has 0 saturated carbocycles. The van der Waals surface area contributed by atoms with Crippen LogP contribution in [0.25, 0.3) is 0 Å². The van der Waals surface area contributed by atoms with Gasteiger partial charge in [0.15, 0.2) is 5.96 Å². The third kappa shape index (κ3) is 6.58. The fourth-order valence-electron chi connectivity index (χ4n) is 2.17. The van der Waals surface area contributed by atoms with Gasteiger partial charge in [-0.2, -0.15) is 0 Å². The number of nitrogens with one attached hydrogen (secondary N) is 2. The minimum absolute atomic E-state index is 0.0424. The second-order valence-electron chi connectivity index (χ2n) is 5.94. The van der Waals surface area contributed by atoms with E-state index in [0.717, 1.165) is 24.9 Å². The molecule has 0 aliphatic carbocycles. The van der Waals surface area contributed by atoms with Crippen molar-refractivity contribution in [1.29, 1.82) is 0 Å². The van der Waals surface area contributed by atoms with Gasteiger partial charge in [-0.1, -0.05) is 25.1 Å². The predicted octanol–water partition coefficient (Wildman–Crippen LogP) is 2.92. The van der Waals surface area contributed by atoms with E-state index in [9.17, 15) is 4.79 Å². The second-order valence-corrected chi connectivity index (χ2v) is 6.97. The van der Waals surface area contributed by atoms with Gasteiger partial charge in [0.25, 0.3) is 5.91 Å². The Morgan fingerprint density at radius 3 is 2.68 bits per heavy atom. The fourth-order valence-corrected chi connectivity index (χ4v) is 2.88.